The first-order valence-corrected chi connectivity index (χ1v) is 7.81. The molecule has 24 heavy (non-hydrogen) atoms. The van der Waals surface area contributed by atoms with Gasteiger partial charge in [0.05, 0.1) is 13.3 Å². The molecule has 6 heteroatoms. The van der Waals surface area contributed by atoms with Gasteiger partial charge in [0, 0.05) is 0 Å². The molecule has 0 bridgehead atoms. The normalized spacial score (nSPS) is 14.3. The monoisotopic (exact) mass is 329 g/mol. The van der Waals surface area contributed by atoms with Crippen molar-refractivity contribution >= 4 is 17.7 Å². The highest BCUT2D eigenvalue weighted by Crippen LogP contribution is 2.23. The molecule has 1 aromatic carbocycles. The van der Waals surface area contributed by atoms with Crippen LogP contribution in [-0.2, 0) is 15.1 Å². The van der Waals surface area contributed by atoms with Crippen molar-refractivity contribution in [3.63, 3.8) is 0 Å². The minimum Gasteiger partial charge on any atom is -0.464 e. The Morgan fingerprint density at radius 2 is 2.12 bits per heavy atom. The van der Waals surface area contributed by atoms with Crippen molar-refractivity contribution in [2.75, 3.05) is 7.11 Å². The number of aliphatic hydroxyl groups is 1. The molecule has 0 spiro atoms. The van der Waals surface area contributed by atoms with Gasteiger partial charge in [-0.15, -0.1) is 5.10 Å². The number of rotatable bonds is 5. The number of hydrogen-bond acceptors (Lipinski definition) is 5. The second-order valence-electron chi connectivity index (χ2n) is 6.06. The van der Waals surface area contributed by atoms with Gasteiger partial charge in [-0.1, -0.05) is 35.9 Å². The first-order chi connectivity index (χ1) is 11.3. The molecule has 0 aliphatic heterocycles. The van der Waals surface area contributed by atoms with Gasteiger partial charge in [0.2, 0.25) is 0 Å². The topological polar surface area (TPSA) is 77.2 Å². The number of esters is 1. The number of aromatic nitrogens is 3. The second-order valence-corrected chi connectivity index (χ2v) is 6.06. The van der Waals surface area contributed by atoms with Crippen molar-refractivity contribution in [2.45, 2.75) is 39.7 Å². The maximum atomic E-state index is 12.2. The van der Waals surface area contributed by atoms with Crippen molar-refractivity contribution in [3.05, 3.63) is 46.8 Å². The summed E-state index contributed by atoms with van der Waals surface area (Å²) >= 11 is 0. The predicted octanol–water partition coefficient (Wildman–Crippen LogP) is 2.68. The molecule has 1 heterocycles. The average Bonchev–Trinajstić information content (AvgIpc) is 3.04. The number of carbonyl (C=O) groups is 1. The van der Waals surface area contributed by atoms with Gasteiger partial charge < -0.3 is 9.84 Å². The zero-order valence-corrected chi connectivity index (χ0v) is 14.7. The summed E-state index contributed by atoms with van der Waals surface area (Å²) in [6.45, 7) is 7.50. The lowest BCUT2D eigenvalue weighted by Gasteiger charge is -2.17. The zero-order valence-electron chi connectivity index (χ0n) is 14.7. The van der Waals surface area contributed by atoms with Crippen LogP contribution in [0.1, 0.15) is 42.7 Å². The maximum absolute atomic E-state index is 12.2. The van der Waals surface area contributed by atoms with Crippen LogP contribution in [0, 0.1) is 13.8 Å². The molecular weight excluding hydrogens is 306 g/mol. The van der Waals surface area contributed by atoms with Crippen LogP contribution in [0.2, 0.25) is 0 Å². The number of carbonyl (C=O) groups excluding carboxylic acids is 1. The Kier molecular flexibility index (Phi) is 5.19. The molecular formula is C18H23N3O3. The molecule has 0 amide bonds. The average molecular weight is 329 g/mol. The van der Waals surface area contributed by atoms with Crippen LogP contribution in [0.5, 0.6) is 0 Å². The Hall–Kier alpha value is -2.47. The SMILES string of the molecule is CCC(C)(O)c1cn(/C(=C\c2ccc(C)cc2C)C(=O)OC)nn1. The van der Waals surface area contributed by atoms with Gasteiger partial charge in [-0.05, 0) is 44.4 Å². The Balaban J connectivity index is 2.50. The van der Waals surface area contributed by atoms with E-state index in [1.54, 1.807) is 19.2 Å². The van der Waals surface area contributed by atoms with Crippen LogP contribution in [0.25, 0.3) is 11.8 Å². The summed E-state index contributed by atoms with van der Waals surface area (Å²) in [4.78, 5) is 12.2. The van der Waals surface area contributed by atoms with E-state index in [1.807, 2.05) is 39.0 Å². The van der Waals surface area contributed by atoms with Crippen LogP contribution in [0.15, 0.2) is 24.4 Å². The molecule has 2 rings (SSSR count). The van der Waals surface area contributed by atoms with Gasteiger partial charge in [-0.25, -0.2) is 9.48 Å². The lowest BCUT2D eigenvalue weighted by Crippen LogP contribution is -2.20. The largest absolute Gasteiger partial charge is 0.464 e. The Morgan fingerprint density at radius 3 is 2.71 bits per heavy atom. The molecule has 128 valence electrons. The fourth-order valence-corrected chi connectivity index (χ4v) is 2.27. The third-order valence-corrected chi connectivity index (χ3v) is 4.09. The van der Waals surface area contributed by atoms with Crippen molar-refractivity contribution in [3.8, 4) is 0 Å². The molecule has 0 radical (unpaired) electrons. The molecule has 0 aliphatic carbocycles. The van der Waals surface area contributed by atoms with E-state index in [-0.39, 0.29) is 5.70 Å². The van der Waals surface area contributed by atoms with Gasteiger partial charge in [-0.3, -0.25) is 0 Å². The first-order valence-electron chi connectivity index (χ1n) is 7.81. The van der Waals surface area contributed by atoms with E-state index in [4.69, 9.17) is 4.74 Å². The second kappa shape index (κ2) is 6.97. The molecule has 2 aromatic rings. The summed E-state index contributed by atoms with van der Waals surface area (Å²) in [6.07, 6.45) is 3.75. The van der Waals surface area contributed by atoms with E-state index in [1.165, 1.54) is 11.8 Å². The quantitative estimate of drug-likeness (QED) is 0.674. The summed E-state index contributed by atoms with van der Waals surface area (Å²) < 4.78 is 6.20. The first kappa shape index (κ1) is 17.9. The van der Waals surface area contributed by atoms with E-state index in [0.29, 0.717) is 12.1 Å². The highest BCUT2D eigenvalue weighted by Gasteiger charge is 2.26. The maximum Gasteiger partial charge on any atom is 0.356 e. The van der Waals surface area contributed by atoms with Gasteiger partial charge in [-0.2, -0.15) is 0 Å². The van der Waals surface area contributed by atoms with E-state index in [2.05, 4.69) is 10.3 Å². The van der Waals surface area contributed by atoms with E-state index in [9.17, 15) is 9.90 Å². The van der Waals surface area contributed by atoms with Crippen LogP contribution in [0.3, 0.4) is 0 Å². The highest BCUT2D eigenvalue weighted by molar-refractivity contribution is 6.15. The summed E-state index contributed by atoms with van der Waals surface area (Å²) in [5.74, 6) is -0.525. The van der Waals surface area contributed by atoms with Crippen molar-refractivity contribution in [1.82, 2.24) is 15.0 Å². The summed E-state index contributed by atoms with van der Waals surface area (Å²) in [7, 11) is 1.32. The Bertz CT molecular complexity index is 776. The van der Waals surface area contributed by atoms with Crippen molar-refractivity contribution < 1.29 is 14.6 Å². The minimum atomic E-state index is -1.10. The van der Waals surface area contributed by atoms with Gasteiger partial charge in [0.25, 0.3) is 0 Å². The Morgan fingerprint density at radius 1 is 1.42 bits per heavy atom. The van der Waals surface area contributed by atoms with Crippen LogP contribution >= 0.6 is 0 Å². The molecule has 1 unspecified atom stereocenters. The fourth-order valence-electron chi connectivity index (χ4n) is 2.27. The molecule has 0 fully saturated rings. The van der Waals surface area contributed by atoms with Gasteiger partial charge >= 0.3 is 5.97 Å². The van der Waals surface area contributed by atoms with Gasteiger partial charge in [0.15, 0.2) is 5.70 Å². The smallest absolute Gasteiger partial charge is 0.356 e. The number of methoxy groups -OCH3 is 1. The molecule has 6 nitrogen and oxygen atoms in total. The van der Waals surface area contributed by atoms with E-state index < -0.39 is 11.6 Å². The minimum absolute atomic E-state index is 0.232. The van der Waals surface area contributed by atoms with E-state index >= 15 is 0 Å². The third kappa shape index (κ3) is 3.71. The number of benzene rings is 1. The molecule has 0 saturated carbocycles. The van der Waals surface area contributed by atoms with E-state index in [0.717, 1.165) is 16.7 Å². The summed E-state index contributed by atoms with van der Waals surface area (Å²) in [6, 6.07) is 5.95. The zero-order chi connectivity index (χ0) is 17.9. The standard InChI is InChI=1S/C18H23N3O3/c1-6-18(4,23)16-11-21(20-19-16)15(17(22)24-5)10-14-8-7-12(2)9-13(14)3/h7-11,23H,6H2,1-5H3/b15-10-. The van der Waals surface area contributed by atoms with Crippen LogP contribution in [-0.4, -0.2) is 33.2 Å². The summed E-state index contributed by atoms with van der Waals surface area (Å²) in [5, 5.41) is 18.3. The number of nitrogens with zero attached hydrogens (tertiary/aromatic N) is 3. The predicted molar refractivity (Wildman–Crippen MR) is 92.0 cm³/mol. The number of hydrogen-bond donors (Lipinski definition) is 1. The molecule has 1 N–H and O–H groups in total. The molecule has 1 aromatic heterocycles. The van der Waals surface area contributed by atoms with Gasteiger partial charge in [0.1, 0.15) is 11.3 Å². The third-order valence-electron chi connectivity index (χ3n) is 4.09. The van der Waals surface area contributed by atoms with Crippen molar-refractivity contribution in [2.24, 2.45) is 0 Å². The summed E-state index contributed by atoms with van der Waals surface area (Å²) in [5.41, 5.74) is 2.61. The molecule has 1 atom stereocenters. The van der Waals surface area contributed by atoms with Crippen LogP contribution < -0.4 is 0 Å². The van der Waals surface area contributed by atoms with Crippen molar-refractivity contribution in [1.29, 1.82) is 0 Å². The lowest BCUT2D eigenvalue weighted by molar-refractivity contribution is -0.134. The lowest BCUT2D eigenvalue weighted by atomic mass is 10.0. The molecule has 0 saturated heterocycles. The fraction of sp³-hybridized carbons (Fsp3) is 0.389. The number of ether oxygens (including phenoxy) is 1. The highest BCUT2D eigenvalue weighted by atomic mass is 16.5. The molecule has 0 aliphatic rings. The number of aryl methyl sites for hydroxylation is 2. The Labute approximate surface area is 141 Å². The van der Waals surface area contributed by atoms with Crippen LogP contribution in [0.4, 0.5) is 0 Å².